The van der Waals surface area contributed by atoms with Crippen molar-refractivity contribution in [1.29, 1.82) is 0 Å². The van der Waals surface area contributed by atoms with Gasteiger partial charge in [-0.2, -0.15) is 4.31 Å². The van der Waals surface area contributed by atoms with Gasteiger partial charge in [0, 0.05) is 6.54 Å². The fourth-order valence-electron chi connectivity index (χ4n) is 4.34. The van der Waals surface area contributed by atoms with Crippen molar-refractivity contribution in [2.45, 2.75) is 49.1 Å². The summed E-state index contributed by atoms with van der Waals surface area (Å²) in [4.78, 5) is 13.3. The van der Waals surface area contributed by atoms with Gasteiger partial charge >= 0.3 is 0 Å². The van der Waals surface area contributed by atoms with E-state index in [-0.39, 0.29) is 16.8 Å². The number of benzene rings is 2. The third kappa shape index (κ3) is 3.89. The van der Waals surface area contributed by atoms with E-state index >= 15 is 0 Å². The summed E-state index contributed by atoms with van der Waals surface area (Å²) in [5.74, 6) is 0.386. The van der Waals surface area contributed by atoms with Crippen LogP contribution in [0.4, 0.5) is 0 Å². The van der Waals surface area contributed by atoms with Crippen LogP contribution in [0.25, 0.3) is 0 Å². The summed E-state index contributed by atoms with van der Waals surface area (Å²) in [6.07, 6.45) is 4.12. The zero-order chi connectivity index (χ0) is 20.4. The molecule has 0 bridgehead atoms. The maximum Gasteiger partial charge on any atom is 0.243 e. The average Bonchev–Trinajstić information content (AvgIpc) is 3.25. The molecular formula is C22H26N2O4S. The highest BCUT2D eigenvalue weighted by Gasteiger charge is 2.40. The highest BCUT2D eigenvalue weighted by atomic mass is 32.2. The third-order valence-electron chi connectivity index (χ3n) is 5.86. The molecule has 2 atom stereocenters. The highest BCUT2D eigenvalue weighted by molar-refractivity contribution is 7.89. The molecule has 154 valence electrons. The smallest absolute Gasteiger partial charge is 0.243 e. The Morgan fingerprint density at radius 3 is 2.59 bits per heavy atom. The monoisotopic (exact) mass is 414 g/mol. The first-order chi connectivity index (χ1) is 14.0. The number of methoxy groups -OCH3 is 1. The number of nitrogens with one attached hydrogen (secondary N) is 1. The predicted molar refractivity (Wildman–Crippen MR) is 110 cm³/mol. The Bertz CT molecular complexity index is 988. The van der Waals surface area contributed by atoms with Crippen molar-refractivity contribution in [3.63, 3.8) is 0 Å². The van der Waals surface area contributed by atoms with Gasteiger partial charge in [0.2, 0.25) is 15.9 Å². The summed E-state index contributed by atoms with van der Waals surface area (Å²) < 4.78 is 32.7. The molecule has 1 heterocycles. The highest BCUT2D eigenvalue weighted by Crippen LogP contribution is 2.31. The minimum atomic E-state index is -3.74. The molecule has 2 aromatic carbocycles. The molecule has 1 saturated heterocycles. The zero-order valence-electron chi connectivity index (χ0n) is 16.5. The second-order valence-corrected chi connectivity index (χ2v) is 9.49. The van der Waals surface area contributed by atoms with Gasteiger partial charge in [0.15, 0.2) is 0 Å². The van der Waals surface area contributed by atoms with Crippen molar-refractivity contribution in [2.24, 2.45) is 0 Å². The fourth-order valence-corrected chi connectivity index (χ4v) is 6.00. The first-order valence-corrected chi connectivity index (χ1v) is 11.5. The van der Waals surface area contributed by atoms with E-state index in [1.807, 2.05) is 12.1 Å². The number of ether oxygens (including phenoxy) is 1. The van der Waals surface area contributed by atoms with E-state index < -0.39 is 16.1 Å². The molecule has 2 aliphatic rings. The maximum absolute atomic E-state index is 13.1. The second kappa shape index (κ2) is 8.16. The summed E-state index contributed by atoms with van der Waals surface area (Å²) in [5.41, 5.74) is 2.41. The molecule has 7 heteroatoms. The molecule has 4 rings (SSSR count). The van der Waals surface area contributed by atoms with Crippen LogP contribution in [0.2, 0.25) is 0 Å². The molecule has 2 aromatic rings. The SMILES string of the molecule is COc1ccc(S(=O)(=O)N2CCCC2C(=O)NC2CCCc3ccccc32)cc1. The van der Waals surface area contributed by atoms with Gasteiger partial charge in [-0.1, -0.05) is 24.3 Å². The van der Waals surface area contributed by atoms with Crippen molar-refractivity contribution in [3.05, 3.63) is 59.7 Å². The van der Waals surface area contributed by atoms with Crippen molar-refractivity contribution < 1.29 is 17.9 Å². The second-order valence-electron chi connectivity index (χ2n) is 7.60. The van der Waals surface area contributed by atoms with Crippen LogP contribution in [0.1, 0.15) is 42.9 Å². The van der Waals surface area contributed by atoms with Gasteiger partial charge in [0.05, 0.1) is 18.0 Å². The topological polar surface area (TPSA) is 75.7 Å². The number of sulfonamides is 1. The molecule has 0 saturated carbocycles. The van der Waals surface area contributed by atoms with E-state index in [9.17, 15) is 13.2 Å². The number of carbonyl (C=O) groups is 1. The average molecular weight is 415 g/mol. The number of hydrogen-bond donors (Lipinski definition) is 1. The lowest BCUT2D eigenvalue weighted by molar-refractivity contribution is -0.125. The molecule has 1 aliphatic carbocycles. The van der Waals surface area contributed by atoms with Gasteiger partial charge in [0.25, 0.3) is 0 Å². The Balaban J connectivity index is 1.53. The number of hydrogen-bond acceptors (Lipinski definition) is 4. The van der Waals surface area contributed by atoms with E-state index in [1.54, 1.807) is 12.1 Å². The molecule has 1 amide bonds. The largest absolute Gasteiger partial charge is 0.497 e. The van der Waals surface area contributed by atoms with Gasteiger partial charge in [-0.3, -0.25) is 4.79 Å². The molecule has 0 radical (unpaired) electrons. The minimum Gasteiger partial charge on any atom is -0.497 e. The van der Waals surface area contributed by atoms with Gasteiger partial charge in [-0.25, -0.2) is 8.42 Å². The Labute approximate surface area is 171 Å². The van der Waals surface area contributed by atoms with Crippen molar-refractivity contribution in [1.82, 2.24) is 9.62 Å². The molecule has 29 heavy (non-hydrogen) atoms. The maximum atomic E-state index is 13.1. The van der Waals surface area contributed by atoms with Crippen molar-refractivity contribution in [2.75, 3.05) is 13.7 Å². The van der Waals surface area contributed by atoms with Gasteiger partial charge in [-0.15, -0.1) is 0 Å². The normalized spacial score (nSPS) is 22.1. The lowest BCUT2D eigenvalue weighted by atomic mass is 9.87. The number of fused-ring (bicyclic) bond motifs is 1. The quantitative estimate of drug-likeness (QED) is 0.816. The Morgan fingerprint density at radius 2 is 1.83 bits per heavy atom. The summed E-state index contributed by atoms with van der Waals surface area (Å²) in [7, 11) is -2.21. The molecule has 0 aromatic heterocycles. The van der Waals surface area contributed by atoms with Crippen LogP contribution >= 0.6 is 0 Å². The van der Waals surface area contributed by atoms with E-state index in [1.165, 1.54) is 29.1 Å². The lowest BCUT2D eigenvalue weighted by Gasteiger charge is -2.29. The van der Waals surface area contributed by atoms with Crippen molar-refractivity contribution in [3.8, 4) is 5.75 Å². The lowest BCUT2D eigenvalue weighted by Crippen LogP contribution is -2.47. The van der Waals surface area contributed by atoms with Crippen molar-refractivity contribution >= 4 is 15.9 Å². The summed E-state index contributed by atoms with van der Waals surface area (Å²) >= 11 is 0. The molecule has 0 spiro atoms. The molecule has 1 aliphatic heterocycles. The first-order valence-electron chi connectivity index (χ1n) is 10.0. The molecule has 2 unspecified atom stereocenters. The van der Waals surface area contributed by atoms with E-state index in [0.717, 1.165) is 24.8 Å². The molecule has 1 N–H and O–H groups in total. The van der Waals surface area contributed by atoms with Gasteiger partial charge in [0.1, 0.15) is 11.8 Å². The third-order valence-corrected chi connectivity index (χ3v) is 7.78. The Morgan fingerprint density at radius 1 is 1.07 bits per heavy atom. The summed E-state index contributed by atoms with van der Waals surface area (Å²) in [6.45, 7) is 0.355. The Kier molecular flexibility index (Phi) is 5.61. The number of aryl methyl sites for hydroxylation is 1. The summed E-state index contributed by atoms with van der Waals surface area (Å²) in [5, 5.41) is 3.12. The number of amides is 1. The van der Waals surface area contributed by atoms with Crippen LogP contribution in [0, 0.1) is 0 Å². The zero-order valence-corrected chi connectivity index (χ0v) is 17.3. The van der Waals surface area contributed by atoms with Gasteiger partial charge in [-0.05, 0) is 67.5 Å². The minimum absolute atomic E-state index is 0.0569. The van der Waals surface area contributed by atoms with E-state index in [0.29, 0.717) is 25.1 Å². The van der Waals surface area contributed by atoms with Crippen LogP contribution < -0.4 is 10.1 Å². The first kappa shape index (κ1) is 19.9. The van der Waals surface area contributed by atoms with Crippen LogP contribution in [0.3, 0.4) is 0 Å². The van der Waals surface area contributed by atoms with Crippen LogP contribution in [0.5, 0.6) is 5.75 Å². The molecule has 6 nitrogen and oxygen atoms in total. The predicted octanol–water partition coefficient (Wildman–Crippen LogP) is 3.04. The van der Waals surface area contributed by atoms with Crippen LogP contribution in [-0.2, 0) is 21.2 Å². The standard InChI is InChI=1S/C22H26N2O4S/c1-28-17-11-13-18(14-12-17)29(26,27)24-15-5-10-21(24)22(25)23-20-9-4-7-16-6-2-3-8-19(16)20/h2-3,6,8,11-14,20-21H,4-5,7,9-10,15H2,1H3,(H,23,25). The summed E-state index contributed by atoms with van der Waals surface area (Å²) in [6, 6.07) is 13.7. The van der Waals surface area contributed by atoms with E-state index in [2.05, 4.69) is 17.4 Å². The van der Waals surface area contributed by atoms with Crippen LogP contribution in [-0.4, -0.2) is 38.3 Å². The van der Waals surface area contributed by atoms with E-state index in [4.69, 9.17) is 4.74 Å². The Hall–Kier alpha value is -2.38. The number of rotatable bonds is 5. The van der Waals surface area contributed by atoms with Crippen LogP contribution in [0.15, 0.2) is 53.4 Å². The molecular weight excluding hydrogens is 388 g/mol. The van der Waals surface area contributed by atoms with Gasteiger partial charge < -0.3 is 10.1 Å². The number of nitrogens with zero attached hydrogens (tertiary/aromatic N) is 1. The molecule has 1 fully saturated rings. The fraction of sp³-hybridized carbons (Fsp3) is 0.409. The number of carbonyl (C=O) groups excluding carboxylic acids is 1.